The third-order valence-corrected chi connectivity index (χ3v) is 4.28. The van der Waals surface area contributed by atoms with E-state index in [1.807, 2.05) is 19.2 Å². The predicted octanol–water partition coefficient (Wildman–Crippen LogP) is 3.45. The van der Waals surface area contributed by atoms with Crippen LogP contribution in [-0.4, -0.2) is 22.9 Å². The second-order valence-electron chi connectivity index (χ2n) is 3.81. The minimum Gasteiger partial charge on any atom is -0.353 e. The van der Waals surface area contributed by atoms with Crippen molar-refractivity contribution >= 4 is 37.7 Å². The minimum absolute atomic E-state index is 0.0525. The van der Waals surface area contributed by atoms with Gasteiger partial charge < -0.3 is 4.90 Å². The molecule has 1 rings (SSSR count). The summed E-state index contributed by atoms with van der Waals surface area (Å²) in [5.74, 6) is 0.969. The number of alkyl halides is 1. The van der Waals surface area contributed by atoms with E-state index in [-0.39, 0.29) is 5.54 Å². The highest BCUT2D eigenvalue weighted by Gasteiger charge is 2.24. The van der Waals surface area contributed by atoms with Crippen LogP contribution in [0, 0.1) is 0 Å². The number of hydrogen-bond acceptors (Lipinski definition) is 2. The first-order valence-corrected chi connectivity index (χ1v) is 6.31. The number of halogens is 2. The van der Waals surface area contributed by atoms with E-state index in [9.17, 15) is 0 Å². The Kier molecular flexibility index (Phi) is 3.95. The topological polar surface area (TPSA) is 16.1 Å². The number of anilines is 1. The van der Waals surface area contributed by atoms with E-state index in [2.05, 4.69) is 55.6 Å². The van der Waals surface area contributed by atoms with Gasteiger partial charge in [0.1, 0.15) is 5.82 Å². The largest absolute Gasteiger partial charge is 0.353 e. The molecule has 0 aliphatic rings. The lowest BCUT2D eigenvalue weighted by atomic mass is 10.1. The lowest BCUT2D eigenvalue weighted by molar-refractivity contribution is 0.546. The molecule has 0 saturated heterocycles. The average molecular weight is 322 g/mol. The van der Waals surface area contributed by atoms with Gasteiger partial charge in [0.15, 0.2) is 0 Å². The van der Waals surface area contributed by atoms with Crippen LogP contribution in [-0.2, 0) is 0 Å². The molecule has 0 unspecified atom stereocenters. The third-order valence-electron chi connectivity index (χ3n) is 2.29. The lowest BCUT2D eigenvalue weighted by Gasteiger charge is -2.35. The lowest BCUT2D eigenvalue weighted by Crippen LogP contribution is -2.43. The summed E-state index contributed by atoms with van der Waals surface area (Å²) in [6, 6.07) is 3.92. The predicted molar refractivity (Wildman–Crippen MR) is 68.2 cm³/mol. The highest BCUT2D eigenvalue weighted by Crippen LogP contribution is 2.28. The Labute approximate surface area is 102 Å². The van der Waals surface area contributed by atoms with Gasteiger partial charge in [0.05, 0.1) is 4.47 Å². The van der Waals surface area contributed by atoms with E-state index in [0.29, 0.717) is 0 Å². The van der Waals surface area contributed by atoms with E-state index in [0.717, 1.165) is 15.6 Å². The molecule has 0 spiro atoms. The number of hydrogen-bond donors (Lipinski definition) is 0. The van der Waals surface area contributed by atoms with Crippen LogP contribution in [0.25, 0.3) is 0 Å². The maximum atomic E-state index is 4.35. The SMILES string of the molecule is CN(c1ncccc1Br)C(C)(C)CBr. The van der Waals surface area contributed by atoms with Crippen LogP contribution in [0.5, 0.6) is 0 Å². The number of rotatable bonds is 3. The molecular weight excluding hydrogens is 308 g/mol. The number of aromatic nitrogens is 1. The summed E-state index contributed by atoms with van der Waals surface area (Å²) in [5, 5.41) is 0.902. The molecule has 0 radical (unpaired) electrons. The quantitative estimate of drug-likeness (QED) is 0.793. The molecule has 78 valence electrons. The van der Waals surface area contributed by atoms with Crippen molar-refractivity contribution in [1.82, 2.24) is 4.98 Å². The Balaban J connectivity index is 3.00. The fourth-order valence-corrected chi connectivity index (χ4v) is 1.90. The molecule has 1 aromatic rings. The van der Waals surface area contributed by atoms with Gasteiger partial charge in [-0.3, -0.25) is 0 Å². The van der Waals surface area contributed by atoms with Crippen molar-refractivity contribution in [2.24, 2.45) is 0 Å². The first-order chi connectivity index (χ1) is 6.49. The van der Waals surface area contributed by atoms with Gasteiger partial charge in [-0.1, -0.05) is 15.9 Å². The second-order valence-corrected chi connectivity index (χ2v) is 5.23. The van der Waals surface area contributed by atoms with Crippen LogP contribution in [0.3, 0.4) is 0 Å². The van der Waals surface area contributed by atoms with Gasteiger partial charge >= 0.3 is 0 Å². The first-order valence-electron chi connectivity index (χ1n) is 4.39. The van der Waals surface area contributed by atoms with Crippen LogP contribution in [0.2, 0.25) is 0 Å². The monoisotopic (exact) mass is 320 g/mol. The molecule has 0 aromatic carbocycles. The summed E-state index contributed by atoms with van der Waals surface area (Å²) in [5.41, 5.74) is 0.0525. The fraction of sp³-hybridized carbons (Fsp3) is 0.500. The summed E-state index contributed by atoms with van der Waals surface area (Å²) in [6.07, 6.45) is 1.81. The second kappa shape index (κ2) is 4.62. The molecule has 2 nitrogen and oxygen atoms in total. The maximum Gasteiger partial charge on any atom is 0.143 e. The molecule has 0 N–H and O–H groups in total. The molecule has 4 heteroatoms. The number of nitrogens with zero attached hydrogens (tertiary/aromatic N) is 2. The van der Waals surface area contributed by atoms with Crippen LogP contribution in [0.1, 0.15) is 13.8 Å². The van der Waals surface area contributed by atoms with E-state index >= 15 is 0 Å². The zero-order valence-electron chi connectivity index (χ0n) is 8.59. The van der Waals surface area contributed by atoms with Crippen molar-refractivity contribution in [2.75, 3.05) is 17.3 Å². The molecule has 0 aliphatic heterocycles. The highest BCUT2D eigenvalue weighted by molar-refractivity contribution is 9.10. The van der Waals surface area contributed by atoms with Gasteiger partial charge in [-0.15, -0.1) is 0 Å². The van der Waals surface area contributed by atoms with Crippen molar-refractivity contribution in [3.8, 4) is 0 Å². The number of pyridine rings is 1. The van der Waals surface area contributed by atoms with Crippen molar-refractivity contribution in [3.63, 3.8) is 0 Å². The molecular formula is C10H14Br2N2. The van der Waals surface area contributed by atoms with Gasteiger partial charge in [0, 0.05) is 24.1 Å². The van der Waals surface area contributed by atoms with E-state index < -0.39 is 0 Å². The molecule has 1 heterocycles. The fourth-order valence-electron chi connectivity index (χ4n) is 1.00. The zero-order valence-corrected chi connectivity index (χ0v) is 11.8. The van der Waals surface area contributed by atoms with Crippen LogP contribution >= 0.6 is 31.9 Å². The molecule has 14 heavy (non-hydrogen) atoms. The van der Waals surface area contributed by atoms with E-state index in [1.54, 1.807) is 6.20 Å². The zero-order chi connectivity index (χ0) is 10.8. The summed E-state index contributed by atoms with van der Waals surface area (Å²) in [4.78, 5) is 6.51. The Hall–Kier alpha value is -0.0900. The Morgan fingerprint density at radius 1 is 1.50 bits per heavy atom. The van der Waals surface area contributed by atoms with Gasteiger partial charge in [0.2, 0.25) is 0 Å². The smallest absolute Gasteiger partial charge is 0.143 e. The maximum absolute atomic E-state index is 4.35. The standard InChI is InChI=1S/C10H14Br2N2/c1-10(2,7-11)14(3)9-8(12)5-4-6-13-9/h4-6H,7H2,1-3H3. The van der Waals surface area contributed by atoms with Crippen molar-refractivity contribution < 1.29 is 0 Å². The molecule has 0 amide bonds. The summed E-state index contributed by atoms with van der Waals surface area (Å²) in [6.45, 7) is 4.34. The first kappa shape index (κ1) is 12.0. The molecule has 0 aliphatic carbocycles. The third kappa shape index (κ3) is 2.48. The van der Waals surface area contributed by atoms with Gasteiger partial charge in [-0.2, -0.15) is 0 Å². The Bertz CT molecular complexity index is 313. The summed E-state index contributed by atoms with van der Waals surface area (Å²) in [7, 11) is 2.05. The van der Waals surface area contributed by atoms with E-state index in [1.165, 1.54) is 0 Å². The minimum atomic E-state index is 0.0525. The van der Waals surface area contributed by atoms with Crippen LogP contribution < -0.4 is 4.90 Å². The normalized spacial score (nSPS) is 11.5. The molecule has 0 atom stereocenters. The summed E-state index contributed by atoms with van der Waals surface area (Å²) < 4.78 is 1.02. The average Bonchev–Trinajstić information content (AvgIpc) is 2.17. The van der Waals surface area contributed by atoms with Gasteiger partial charge in [0.25, 0.3) is 0 Å². The molecule has 0 fully saturated rings. The highest BCUT2D eigenvalue weighted by atomic mass is 79.9. The van der Waals surface area contributed by atoms with Crippen LogP contribution in [0.15, 0.2) is 22.8 Å². The van der Waals surface area contributed by atoms with E-state index in [4.69, 9.17) is 0 Å². The van der Waals surface area contributed by atoms with Crippen molar-refractivity contribution in [3.05, 3.63) is 22.8 Å². The summed E-state index contributed by atoms with van der Waals surface area (Å²) >= 11 is 7.01. The molecule has 0 saturated carbocycles. The Morgan fingerprint density at radius 2 is 2.14 bits per heavy atom. The Morgan fingerprint density at radius 3 is 2.64 bits per heavy atom. The molecule has 0 bridgehead atoms. The van der Waals surface area contributed by atoms with Crippen molar-refractivity contribution in [1.29, 1.82) is 0 Å². The molecule has 1 aromatic heterocycles. The van der Waals surface area contributed by atoms with Gasteiger partial charge in [-0.05, 0) is 41.9 Å². The van der Waals surface area contributed by atoms with Gasteiger partial charge in [-0.25, -0.2) is 4.98 Å². The van der Waals surface area contributed by atoms with Crippen molar-refractivity contribution in [2.45, 2.75) is 19.4 Å². The van der Waals surface area contributed by atoms with Crippen LogP contribution in [0.4, 0.5) is 5.82 Å².